The third-order valence-electron chi connectivity index (χ3n) is 5.34. The Morgan fingerprint density at radius 3 is 2.43 bits per heavy atom. The molecule has 0 saturated carbocycles. The van der Waals surface area contributed by atoms with Crippen molar-refractivity contribution in [2.24, 2.45) is 0 Å². The van der Waals surface area contributed by atoms with Crippen LogP contribution in [-0.4, -0.2) is 66.3 Å². The number of allylic oxidation sites excluding steroid dienone is 3. The van der Waals surface area contributed by atoms with Gasteiger partial charge in [0.15, 0.2) is 5.12 Å². The molecule has 1 saturated heterocycles. The van der Waals surface area contributed by atoms with Gasteiger partial charge in [-0.05, 0) is 42.0 Å². The normalized spacial score (nSPS) is 16.9. The van der Waals surface area contributed by atoms with Gasteiger partial charge in [0.1, 0.15) is 0 Å². The highest BCUT2D eigenvalue weighted by atomic mass is 32.2. The zero-order valence-corrected chi connectivity index (χ0v) is 18.7. The van der Waals surface area contributed by atoms with Crippen molar-refractivity contribution in [3.63, 3.8) is 0 Å². The number of amides is 1. The van der Waals surface area contributed by atoms with Gasteiger partial charge in [0, 0.05) is 64.6 Å². The molecule has 5 nitrogen and oxygen atoms in total. The Kier molecular flexibility index (Phi) is 8.20. The lowest BCUT2D eigenvalue weighted by Gasteiger charge is -2.36. The zero-order valence-electron chi connectivity index (χ0n) is 17.9. The third-order valence-corrected chi connectivity index (χ3v) is 6.23. The maximum atomic E-state index is 12.3. The summed E-state index contributed by atoms with van der Waals surface area (Å²) in [4.78, 5) is 29.7. The number of benzene rings is 1. The van der Waals surface area contributed by atoms with E-state index >= 15 is 0 Å². The van der Waals surface area contributed by atoms with Gasteiger partial charge in [-0.3, -0.25) is 9.59 Å². The average Bonchev–Trinajstić information content (AvgIpc) is 2.76. The van der Waals surface area contributed by atoms with E-state index in [1.54, 1.807) is 6.92 Å². The third kappa shape index (κ3) is 6.80. The molecule has 1 aromatic carbocycles. The lowest BCUT2D eigenvalue weighted by molar-refractivity contribution is -0.131. The molecule has 0 aliphatic carbocycles. The number of hydrogen-bond donors (Lipinski definition) is 0. The highest BCUT2D eigenvalue weighted by molar-refractivity contribution is 8.13. The Balaban J connectivity index is 1.44. The lowest BCUT2D eigenvalue weighted by Crippen LogP contribution is -2.48. The lowest BCUT2D eigenvalue weighted by atomic mass is 10.1. The van der Waals surface area contributed by atoms with Gasteiger partial charge in [0.25, 0.3) is 0 Å². The fourth-order valence-electron chi connectivity index (χ4n) is 3.52. The van der Waals surface area contributed by atoms with E-state index in [1.807, 2.05) is 4.90 Å². The van der Waals surface area contributed by atoms with Crippen molar-refractivity contribution in [1.82, 2.24) is 9.80 Å². The first-order chi connectivity index (χ1) is 14.5. The quantitative estimate of drug-likeness (QED) is 0.622. The second-order valence-corrected chi connectivity index (χ2v) is 8.97. The summed E-state index contributed by atoms with van der Waals surface area (Å²) < 4.78 is 0. The summed E-state index contributed by atoms with van der Waals surface area (Å²) in [5, 5.41) is 0.119. The topological polar surface area (TPSA) is 43.9 Å². The van der Waals surface area contributed by atoms with Crippen LogP contribution in [0, 0.1) is 0 Å². The van der Waals surface area contributed by atoms with Crippen LogP contribution in [0.3, 0.4) is 0 Å². The molecule has 3 rings (SSSR count). The number of hydrogen-bond acceptors (Lipinski definition) is 5. The second-order valence-electron chi connectivity index (χ2n) is 7.70. The molecule has 30 heavy (non-hydrogen) atoms. The fourth-order valence-corrected chi connectivity index (χ4v) is 4.09. The van der Waals surface area contributed by atoms with E-state index in [0.29, 0.717) is 6.42 Å². The summed E-state index contributed by atoms with van der Waals surface area (Å²) >= 11 is 1.30. The van der Waals surface area contributed by atoms with Gasteiger partial charge in [-0.15, -0.1) is 0 Å². The number of anilines is 1. The summed E-state index contributed by atoms with van der Waals surface area (Å²) in [6.45, 7) is 5.74. The number of piperazine rings is 1. The Morgan fingerprint density at radius 1 is 1.07 bits per heavy atom. The summed E-state index contributed by atoms with van der Waals surface area (Å²) in [5.74, 6) is 0.934. The molecule has 160 valence electrons. The van der Waals surface area contributed by atoms with E-state index in [-0.39, 0.29) is 11.0 Å². The van der Waals surface area contributed by atoms with Gasteiger partial charge >= 0.3 is 0 Å². The van der Waals surface area contributed by atoms with Crippen LogP contribution >= 0.6 is 11.8 Å². The van der Waals surface area contributed by atoms with Crippen molar-refractivity contribution in [3.8, 4) is 0 Å². The molecule has 0 unspecified atom stereocenters. The minimum atomic E-state index is 0.119. The molecule has 0 aromatic heterocycles. The molecule has 2 aliphatic rings. The van der Waals surface area contributed by atoms with Crippen molar-refractivity contribution in [2.45, 2.75) is 19.8 Å². The molecule has 6 heteroatoms. The summed E-state index contributed by atoms with van der Waals surface area (Å²) in [6, 6.07) is 8.62. The molecule has 1 amide bonds. The van der Waals surface area contributed by atoms with Crippen LogP contribution in [0.1, 0.15) is 25.3 Å². The Hall–Kier alpha value is -2.47. The number of nitrogens with zero attached hydrogens (tertiary/aromatic N) is 3. The average molecular weight is 426 g/mol. The number of thioether (sulfide) groups is 1. The summed E-state index contributed by atoms with van der Waals surface area (Å²) in [5.41, 5.74) is 3.62. The largest absolute Gasteiger partial charge is 0.377 e. The van der Waals surface area contributed by atoms with Crippen LogP contribution < -0.4 is 4.90 Å². The van der Waals surface area contributed by atoms with Gasteiger partial charge in [0.2, 0.25) is 5.91 Å². The van der Waals surface area contributed by atoms with Gasteiger partial charge < -0.3 is 14.7 Å². The monoisotopic (exact) mass is 425 g/mol. The fraction of sp³-hybridized carbons (Fsp3) is 0.417. The first-order valence-corrected chi connectivity index (χ1v) is 11.5. The molecule has 0 atom stereocenters. The van der Waals surface area contributed by atoms with Crippen LogP contribution in [0.4, 0.5) is 5.69 Å². The van der Waals surface area contributed by atoms with Gasteiger partial charge in [-0.25, -0.2) is 0 Å². The minimum absolute atomic E-state index is 0.119. The SMILES string of the molecule is CC(=O)SCCCC(=O)N1CCN(c2ccc(/C=C/C3=CCN(C)C=C3)cc2)CC1. The van der Waals surface area contributed by atoms with Crippen LogP contribution in [0.25, 0.3) is 6.08 Å². The number of likely N-dealkylation sites (N-methyl/N-ethyl adjacent to an activating group) is 1. The van der Waals surface area contributed by atoms with Gasteiger partial charge in [0.05, 0.1) is 0 Å². The van der Waals surface area contributed by atoms with E-state index in [2.05, 4.69) is 71.6 Å². The first-order valence-electron chi connectivity index (χ1n) is 10.5. The van der Waals surface area contributed by atoms with Crippen LogP contribution in [0.5, 0.6) is 0 Å². The molecule has 0 N–H and O–H groups in total. The van der Waals surface area contributed by atoms with Crippen molar-refractivity contribution in [3.05, 3.63) is 59.8 Å². The minimum Gasteiger partial charge on any atom is -0.377 e. The van der Waals surface area contributed by atoms with Crippen molar-refractivity contribution in [2.75, 3.05) is 50.4 Å². The molecule has 2 heterocycles. The summed E-state index contributed by atoms with van der Waals surface area (Å²) in [7, 11) is 2.07. The standard InChI is InChI=1S/C24H31N3O2S/c1-20(28)30-19-3-4-24(29)27-17-15-26(16-18-27)23-9-7-21(8-10-23)5-6-22-11-13-25(2)14-12-22/h5-13H,3-4,14-19H2,1-2H3/b6-5+. The molecule has 0 radical (unpaired) electrons. The maximum absolute atomic E-state index is 12.3. The number of carbonyl (C=O) groups is 2. The predicted molar refractivity (Wildman–Crippen MR) is 126 cm³/mol. The van der Waals surface area contributed by atoms with E-state index < -0.39 is 0 Å². The molecule has 1 aromatic rings. The zero-order chi connectivity index (χ0) is 21.3. The Labute approximate surface area is 184 Å². The van der Waals surface area contributed by atoms with E-state index in [1.165, 1.54) is 28.6 Å². The van der Waals surface area contributed by atoms with Crippen LogP contribution in [0.15, 0.2) is 54.3 Å². The number of rotatable bonds is 7. The molecule has 1 fully saturated rings. The highest BCUT2D eigenvalue weighted by Gasteiger charge is 2.20. The van der Waals surface area contributed by atoms with E-state index in [9.17, 15) is 9.59 Å². The summed E-state index contributed by atoms with van der Waals surface area (Å²) in [6.07, 6.45) is 12.0. The highest BCUT2D eigenvalue weighted by Crippen LogP contribution is 2.19. The molecule has 0 spiro atoms. The maximum Gasteiger partial charge on any atom is 0.222 e. The first kappa shape index (κ1) is 22.2. The van der Waals surface area contributed by atoms with E-state index in [4.69, 9.17) is 0 Å². The van der Waals surface area contributed by atoms with Gasteiger partial charge in [-0.1, -0.05) is 42.1 Å². The predicted octanol–water partition coefficient (Wildman–Crippen LogP) is 3.79. The molecular weight excluding hydrogens is 394 g/mol. The van der Waals surface area contributed by atoms with E-state index in [0.717, 1.165) is 44.9 Å². The van der Waals surface area contributed by atoms with Crippen LogP contribution in [-0.2, 0) is 9.59 Å². The smallest absolute Gasteiger partial charge is 0.222 e. The Bertz CT molecular complexity index is 821. The van der Waals surface area contributed by atoms with Crippen molar-refractivity contribution < 1.29 is 9.59 Å². The van der Waals surface area contributed by atoms with Gasteiger partial charge in [-0.2, -0.15) is 0 Å². The van der Waals surface area contributed by atoms with Crippen LogP contribution in [0.2, 0.25) is 0 Å². The number of carbonyl (C=O) groups excluding carboxylic acids is 2. The molecule has 2 aliphatic heterocycles. The second kappa shape index (κ2) is 11.1. The molecule has 0 bridgehead atoms. The van der Waals surface area contributed by atoms with Crippen molar-refractivity contribution in [1.29, 1.82) is 0 Å². The molecular formula is C24H31N3O2S. The van der Waals surface area contributed by atoms with Crippen molar-refractivity contribution >= 4 is 34.5 Å². The Morgan fingerprint density at radius 2 is 1.80 bits per heavy atom.